The van der Waals surface area contributed by atoms with Gasteiger partial charge < -0.3 is 15.7 Å². The third-order valence-corrected chi connectivity index (χ3v) is 3.86. The molecule has 1 aliphatic carbocycles. The quantitative estimate of drug-likeness (QED) is 0.693. The Bertz CT molecular complexity index is 630. The van der Waals surface area contributed by atoms with E-state index >= 15 is 0 Å². The van der Waals surface area contributed by atoms with E-state index in [0.717, 1.165) is 24.5 Å². The van der Waals surface area contributed by atoms with Crippen molar-refractivity contribution >= 4 is 11.8 Å². The summed E-state index contributed by atoms with van der Waals surface area (Å²) in [5.41, 5.74) is 2.33. The summed E-state index contributed by atoms with van der Waals surface area (Å²) in [6.07, 6.45) is 6.93. The monoisotopic (exact) mass is 313 g/mol. The first-order valence-corrected chi connectivity index (χ1v) is 8.13. The lowest BCUT2D eigenvalue weighted by atomic mass is 10.2. The van der Waals surface area contributed by atoms with Crippen LogP contribution >= 0.6 is 0 Å². The Labute approximate surface area is 136 Å². The van der Waals surface area contributed by atoms with E-state index in [1.54, 1.807) is 0 Å². The van der Waals surface area contributed by atoms with Crippen LogP contribution in [0.15, 0.2) is 30.6 Å². The molecule has 2 aromatic rings. The zero-order valence-electron chi connectivity index (χ0n) is 13.4. The van der Waals surface area contributed by atoms with Crippen LogP contribution in [0.5, 0.6) is 0 Å². The average molecular weight is 313 g/mol. The molecule has 2 heterocycles. The first-order chi connectivity index (χ1) is 11.2. The number of hydrogen-bond acceptors (Lipinski definition) is 6. The highest BCUT2D eigenvalue weighted by Crippen LogP contribution is 2.39. The Morgan fingerprint density at radius 2 is 2.04 bits per heavy atom. The van der Waals surface area contributed by atoms with E-state index in [0.29, 0.717) is 11.9 Å². The molecule has 0 saturated heterocycles. The van der Waals surface area contributed by atoms with Crippen molar-refractivity contribution in [3.63, 3.8) is 0 Å². The highest BCUT2D eigenvalue weighted by atomic mass is 16.3. The van der Waals surface area contributed by atoms with Crippen molar-refractivity contribution in [1.82, 2.24) is 15.0 Å². The van der Waals surface area contributed by atoms with Gasteiger partial charge in [0.25, 0.3) is 0 Å². The summed E-state index contributed by atoms with van der Waals surface area (Å²) < 4.78 is 0. The van der Waals surface area contributed by atoms with Gasteiger partial charge >= 0.3 is 0 Å². The SMILES string of the molecule is C[C@@H](CO)Nc1nc(NCCc2ccncc2)cc(C2CC2)n1. The summed E-state index contributed by atoms with van der Waals surface area (Å²) in [6.45, 7) is 2.77. The van der Waals surface area contributed by atoms with Gasteiger partial charge in [-0.1, -0.05) is 0 Å². The van der Waals surface area contributed by atoms with Gasteiger partial charge in [0.05, 0.1) is 12.3 Å². The molecule has 6 nitrogen and oxygen atoms in total. The van der Waals surface area contributed by atoms with Crippen molar-refractivity contribution < 1.29 is 5.11 Å². The number of rotatable bonds is 8. The first kappa shape index (κ1) is 15.7. The summed E-state index contributed by atoms with van der Waals surface area (Å²) >= 11 is 0. The minimum atomic E-state index is -0.0610. The summed E-state index contributed by atoms with van der Waals surface area (Å²) in [7, 11) is 0. The molecule has 0 aliphatic heterocycles. The van der Waals surface area contributed by atoms with Crippen LogP contribution in [0, 0.1) is 0 Å². The number of aliphatic hydroxyl groups is 1. The number of anilines is 2. The summed E-state index contributed by atoms with van der Waals surface area (Å²) in [4.78, 5) is 13.1. The second-order valence-electron chi connectivity index (χ2n) is 6.04. The minimum Gasteiger partial charge on any atom is -0.394 e. The lowest BCUT2D eigenvalue weighted by molar-refractivity contribution is 0.281. The van der Waals surface area contributed by atoms with Crippen LogP contribution in [0.3, 0.4) is 0 Å². The Balaban J connectivity index is 1.65. The van der Waals surface area contributed by atoms with Crippen molar-refractivity contribution in [2.75, 3.05) is 23.8 Å². The van der Waals surface area contributed by atoms with Gasteiger partial charge in [0, 0.05) is 37.0 Å². The second kappa shape index (κ2) is 7.37. The number of hydrogen-bond donors (Lipinski definition) is 3. The van der Waals surface area contributed by atoms with E-state index < -0.39 is 0 Å². The molecule has 1 saturated carbocycles. The minimum absolute atomic E-state index is 0.0574. The van der Waals surface area contributed by atoms with Crippen LogP contribution in [0.1, 0.15) is 36.9 Å². The van der Waals surface area contributed by atoms with E-state index in [2.05, 4.69) is 25.6 Å². The highest BCUT2D eigenvalue weighted by Gasteiger charge is 2.26. The molecule has 1 fully saturated rings. The van der Waals surface area contributed by atoms with Gasteiger partial charge in [-0.25, -0.2) is 4.98 Å². The van der Waals surface area contributed by atoms with Crippen LogP contribution in [-0.2, 0) is 6.42 Å². The molecule has 2 aromatic heterocycles. The zero-order valence-corrected chi connectivity index (χ0v) is 13.4. The average Bonchev–Trinajstić information content (AvgIpc) is 3.40. The Morgan fingerprint density at radius 3 is 2.74 bits per heavy atom. The fourth-order valence-electron chi connectivity index (χ4n) is 2.36. The lowest BCUT2D eigenvalue weighted by Crippen LogP contribution is -2.21. The molecule has 23 heavy (non-hydrogen) atoms. The Hall–Kier alpha value is -2.21. The maximum absolute atomic E-state index is 9.18. The molecule has 0 spiro atoms. The van der Waals surface area contributed by atoms with Gasteiger partial charge in [-0.2, -0.15) is 4.98 Å². The molecule has 122 valence electrons. The van der Waals surface area contributed by atoms with Gasteiger partial charge in [0.2, 0.25) is 5.95 Å². The maximum atomic E-state index is 9.18. The molecule has 3 rings (SSSR count). The smallest absolute Gasteiger partial charge is 0.225 e. The van der Waals surface area contributed by atoms with Crippen LogP contribution in [-0.4, -0.2) is 39.3 Å². The maximum Gasteiger partial charge on any atom is 0.225 e. The van der Waals surface area contributed by atoms with Gasteiger partial charge in [-0.05, 0) is 43.9 Å². The van der Waals surface area contributed by atoms with Crippen molar-refractivity contribution in [2.45, 2.75) is 38.1 Å². The fourth-order valence-corrected chi connectivity index (χ4v) is 2.36. The van der Waals surface area contributed by atoms with E-state index in [1.165, 1.54) is 18.4 Å². The number of aromatic nitrogens is 3. The summed E-state index contributed by atoms with van der Waals surface area (Å²) in [6, 6.07) is 6.02. The van der Waals surface area contributed by atoms with Crippen LogP contribution < -0.4 is 10.6 Å². The zero-order chi connectivity index (χ0) is 16.1. The van der Waals surface area contributed by atoms with Crippen molar-refractivity contribution in [2.24, 2.45) is 0 Å². The van der Waals surface area contributed by atoms with E-state index in [-0.39, 0.29) is 12.6 Å². The largest absolute Gasteiger partial charge is 0.394 e. The van der Waals surface area contributed by atoms with E-state index in [4.69, 9.17) is 0 Å². The molecule has 0 aromatic carbocycles. The predicted molar refractivity (Wildman–Crippen MR) is 90.6 cm³/mol. The van der Waals surface area contributed by atoms with Gasteiger partial charge in [0.1, 0.15) is 5.82 Å². The summed E-state index contributed by atoms with van der Waals surface area (Å²) in [5, 5.41) is 15.7. The normalized spacial score (nSPS) is 15.2. The number of nitrogens with zero attached hydrogens (tertiary/aromatic N) is 3. The van der Waals surface area contributed by atoms with Gasteiger partial charge in [-0.3, -0.25) is 4.98 Å². The third kappa shape index (κ3) is 4.63. The van der Waals surface area contributed by atoms with Crippen molar-refractivity contribution in [1.29, 1.82) is 0 Å². The molecular weight excluding hydrogens is 290 g/mol. The lowest BCUT2D eigenvalue weighted by Gasteiger charge is -2.14. The van der Waals surface area contributed by atoms with Gasteiger partial charge in [0.15, 0.2) is 0 Å². The van der Waals surface area contributed by atoms with Crippen LogP contribution in [0.4, 0.5) is 11.8 Å². The van der Waals surface area contributed by atoms with E-state index in [9.17, 15) is 5.11 Å². The molecule has 1 aliphatic rings. The van der Waals surface area contributed by atoms with Crippen LogP contribution in [0.2, 0.25) is 0 Å². The third-order valence-electron chi connectivity index (χ3n) is 3.86. The number of nitrogens with one attached hydrogen (secondary N) is 2. The molecule has 6 heteroatoms. The van der Waals surface area contributed by atoms with E-state index in [1.807, 2.05) is 37.5 Å². The Kier molecular flexibility index (Phi) is 5.02. The number of pyridine rings is 1. The molecular formula is C17H23N5O. The van der Waals surface area contributed by atoms with Crippen molar-refractivity contribution in [3.8, 4) is 0 Å². The standard InChI is InChI=1S/C17H23N5O/c1-12(11-23)20-17-21-15(14-2-3-14)10-16(22-17)19-9-6-13-4-7-18-8-5-13/h4-5,7-8,10,12,14,23H,2-3,6,9,11H2,1H3,(H2,19,20,21,22)/t12-/m0/s1. The predicted octanol–water partition coefficient (Wildman–Crippen LogP) is 2.20. The van der Waals surface area contributed by atoms with Crippen molar-refractivity contribution in [3.05, 3.63) is 41.9 Å². The van der Waals surface area contributed by atoms with Crippen LogP contribution in [0.25, 0.3) is 0 Å². The fraction of sp³-hybridized carbons (Fsp3) is 0.471. The molecule has 1 atom stereocenters. The second-order valence-corrected chi connectivity index (χ2v) is 6.04. The highest BCUT2D eigenvalue weighted by molar-refractivity contribution is 5.44. The molecule has 0 unspecified atom stereocenters. The molecule has 0 radical (unpaired) electrons. The Morgan fingerprint density at radius 1 is 1.26 bits per heavy atom. The first-order valence-electron chi connectivity index (χ1n) is 8.13. The molecule has 0 bridgehead atoms. The number of aliphatic hydroxyl groups excluding tert-OH is 1. The molecule has 0 amide bonds. The molecule has 3 N–H and O–H groups in total. The van der Waals surface area contributed by atoms with Gasteiger partial charge in [-0.15, -0.1) is 0 Å². The topological polar surface area (TPSA) is 83.0 Å². The summed E-state index contributed by atoms with van der Waals surface area (Å²) in [5.74, 6) is 1.98.